The van der Waals surface area contributed by atoms with E-state index in [-0.39, 0.29) is 17.8 Å². The van der Waals surface area contributed by atoms with Gasteiger partial charge in [-0.3, -0.25) is 9.59 Å². The molecule has 1 aromatic rings. The maximum Gasteiger partial charge on any atom is 0.308 e. The predicted molar refractivity (Wildman–Crippen MR) is 78.8 cm³/mol. The highest BCUT2D eigenvalue weighted by atomic mass is 16.5. The van der Waals surface area contributed by atoms with Crippen LogP contribution in [0.5, 0.6) is 0 Å². The van der Waals surface area contributed by atoms with E-state index in [2.05, 4.69) is 17.4 Å². The molecule has 1 N–H and O–H groups in total. The lowest BCUT2D eigenvalue weighted by atomic mass is 9.79. The number of benzene rings is 1. The number of hydrogen-bond acceptors (Lipinski definition) is 3. The van der Waals surface area contributed by atoms with Gasteiger partial charge in [-0.05, 0) is 55.2 Å². The van der Waals surface area contributed by atoms with Crippen molar-refractivity contribution in [2.24, 2.45) is 11.8 Å². The molecule has 0 saturated heterocycles. The average Bonchev–Trinajstić information content (AvgIpc) is 2.88. The third kappa shape index (κ3) is 2.94. The SMILES string of the molecule is COC(=O)[C@H]1CC[C@H](Cc2ccc3c(c2)C(=O)NC3)CC1. The fourth-order valence-corrected chi connectivity index (χ4v) is 3.49. The number of methoxy groups -OCH3 is 1. The molecular formula is C17H21NO3. The molecule has 1 fully saturated rings. The molecule has 0 bridgehead atoms. The molecule has 0 radical (unpaired) electrons. The first-order valence-electron chi connectivity index (χ1n) is 7.65. The maximum atomic E-state index is 11.7. The molecule has 1 aliphatic carbocycles. The van der Waals surface area contributed by atoms with Gasteiger partial charge in [0.25, 0.3) is 5.91 Å². The van der Waals surface area contributed by atoms with Gasteiger partial charge in [-0.1, -0.05) is 12.1 Å². The minimum absolute atomic E-state index is 0.0428. The first-order chi connectivity index (χ1) is 10.2. The van der Waals surface area contributed by atoms with Gasteiger partial charge in [-0.2, -0.15) is 0 Å². The van der Waals surface area contributed by atoms with Gasteiger partial charge in [-0.25, -0.2) is 0 Å². The second-order valence-corrected chi connectivity index (χ2v) is 6.12. The van der Waals surface area contributed by atoms with Crippen LogP contribution in [0.25, 0.3) is 0 Å². The lowest BCUT2D eigenvalue weighted by molar-refractivity contribution is -0.146. The summed E-state index contributed by atoms with van der Waals surface area (Å²) >= 11 is 0. The first-order valence-corrected chi connectivity index (χ1v) is 7.65. The molecule has 21 heavy (non-hydrogen) atoms. The zero-order chi connectivity index (χ0) is 14.8. The molecule has 1 aliphatic heterocycles. The van der Waals surface area contributed by atoms with Crippen molar-refractivity contribution < 1.29 is 14.3 Å². The van der Waals surface area contributed by atoms with E-state index in [1.54, 1.807) is 0 Å². The zero-order valence-electron chi connectivity index (χ0n) is 12.4. The maximum absolute atomic E-state index is 11.7. The Bertz CT molecular complexity index is 559. The topological polar surface area (TPSA) is 55.4 Å². The summed E-state index contributed by atoms with van der Waals surface area (Å²) in [6.45, 7) is 0.651. The van der Waals surface area contributed by atoms with Gasteiger partial charge in [0.15, 0.2) is 0 Å². The molecule has 0 spiro atoms. The number of rotatable bonds is 3. The highest BCUT2D eigenvalue weighted by Crippen LogP contribution is 2.32. The fraction of sp³-hybridized carbons (Fsp3) is 0.529. The minimum atomic E-state index is -0.0670. The summed E-state index contributed by atoms with van der Waals surface area (Å²) < 4.78 is 4.82. The summed E-state index contributed by atoms with van der Waals surface area (Å²) in [7, 11) is 1.46. The van der Waals surface area contributed by atoms with E-state index in [0.29, 0.717) is 12.5 Å². The molecule has 2 aliphatic rings. The minimum Gasteiger partial charge on any atom is -0.469 e. The normalized spacial score (nSPS) is 24.3. The van der Waals surface area contributed by atoms with Crippen LogP contribution in [0.1, 0.15) is 47.2 Å². The third-order valence-electron chi connectivity index (χ3n) is 4.76. The van der Waals surface area contributed by atoms with Gasteiger partial charge < -0.3 is 10.1 Å². The molecule has 1 amide bonds. The number of ether oxygens (including phenoxy) is 1. The van der Waals surface area contributed by atoms with E-state index >= 15 is 0 Å². The van der Waals surface area contributed by atoms with E-state index in [1.807, 2.05) is 6.07 Å². The van der Waals surface area contributed by atoms with Crippen LogP contribution in [-0.4, -0.2) is 19.0 Å². The molecular weight excluding hydrogens is 266 g/mol. The van der Waals surface area contributed by atoms with E-state index in [9.17, 15) is 9.59 Å². The molecule has 4 heteroatoms. The van der Waals surface area contributed by atoms with Crippen molar-refractivity contribution in [3.8, 4) is 0 Å². The van der Waals surface area contributed by atoms with Crippen LogP contribution in [0.2, 0.25) is 0 Å². The van der Waals surface area contributed by atoms with Crippen molar-refractivity contribution in [1.82, 2.24) is 5.32 Å². The highest BCUT2D eigenvalue weighted by molar-refractivity contribution is 5.98. The van der Waals surface area contributed by atoms with Crippen molar-refractivity contribution >= 4 is 11.9 Å². The first kappa shape index (κ1) is 14.1. The van der Waals surface area contributed by atoms with E-state index in [0.717, 1.165) is 43.2 Å². The smallest absolute Gasteiger partial charge is 0.308 e. The van der Waals surface area contributed by atoms with Gasteiger partial charge in [0, 0.05) is 12.1 Å². The Kier molecular flexibility index (Phi) is 3.95. The Morgan fingerprint density at radius 2 is 2.05 bits per heavy atom. The second kappa shape index (κ2) is 5.88. The number of esters is 1. The number of carbonyl (C=O) groups excluding carboxylic acids is 2. The zero-order valence-corrected chi connectivity index (χ0v) is 12.4. The Hall–Kier alpha value is -1.84. The van der Waals surface area contributed by atoms with Crippen molar-refractivity contribution in [2.45, 2.75) is 38.6 Å². The molecule has 0 unspecified atom stereocenters. The molecule has 1 saturated carbocycles. The Balaban J connectivity index is 1.60. The molecule has 1 aromatic carbocycles. The molecule has 1 heterocycles. The second-order valence-electron chi connectivity index (χ2n) is 6.12. The van der Waals surface area contributed by atoms with Crippen LogP contribution in [-0.2, 0) is 22.5 Å². The molecule has 4 nitrogen and oxygen atoms in total. The van der Waals surface area contributed by atoms with Crippen LogP contribution in [0, 0.1) is 11.8 Å². The van der Waals surface area contributed by atoms with Crippen molar-refractivity contribution in [3.63, 3.8) is 0 Å². The summed E-state index contributed by atoms with van der Waals surface area (Å²) in [5.74, 6) is 0.661. The highest BCUT2D eigenvalue weighted by Gasteiger charge is 2.27. The largest absolute Gasteiger partial charge is 0.469 e. The Labute approximate surface area is 124 Å². The van der Waals surface area contributed by atoms with Crippen LogP contribution in [0.15, 0.2) is 18.2 Å². The lowest BCUT2D eigenvalue weighted by Crippen LogP contribution is -2.23. The number of amides is 1. The summed E-state index contributed by atoms with van der Waals surface area (Å²) in [5, 5.41) is 2.85. The van der Waals surface area contributed by atoms with Crippen molar-refractivity contribution in [3.05, 3.63) is 34.9 Å². The number of carbonyl (C=O) groups is 2. The number of fused-ring (bicyclic) bond motifs is 1. The van der Waals surface area contributed by atoms with E-state index in [4.69, 9.17) is 4.74 Å². The summed E-state index contributed by atoms with van der Waals surface area (Å²) in [5.41, 5.74) is 3.15. The molecule has 3 rings (SSSR count). The summed E-state index contributed by atoms with van der Waals surface area (Å²) in [4.78, 5) is 23.2. The van der Waals surface area contributed by atoms with Gasteiger partial charge >= 0.3 is 5.97 Å². The molecule has 112 valence electrons. The summed E-state index contributed by atoms with van der Waals surface area (Å²) in [6.07, 6.45) is 4.95. The van der Waals surface area contributed by atoms with Crippen LogP contribution < -0.4 is 5.32 Å². The van der Waals surface area contributed by atoms with Gasteiger partial charge in [0.2, 0.25) is 0 Å². The number of hydrogen-bond donors (Lipinski definition) is 1. The van der Waals surface area contributed by atoms with E-state index < -0.39 is 0 Å². The monoisotopic (exact) mass is 287 g/mol. The third-order valence-corrected chi connectivity index (χ3v) is 4.76. The predicted octanol–water partition coefficient (Wildman–Crippen LogP) is 2.45. The quantitative estimate of drug-likeness (QED) is 0.869. The van der Waals surface area contributed by atoms with Crippen molar-refractivity contribution in [2.75, 3.05) is 7.11 Å². The van der Waals surface area contributed by atoms with Crippen LogP contribution >= 0.6 is 0 Å². The Morgan fingerprint density at radius 1 is 1.29 bits per heavy atom. The van der Waals surface area contributed by atoms with E-state index in [1.165, 1.54) is 12.7 Å². The Morgan fingerprint density at radius 3 is 2.76 bits per heavy atom. The summed E-state index contributed by atoms with van der Waals surface area (Å²) in [6, 6.07) is 6.22. The number of nitrogens with one attached hydrogen (secondary N) is 1. The van der Waals surface area contributed by atoms with Gasteiger partial charge in [0.1, 0.15) is 0 Å². The lowest BCUT2D eigenvalue weighted by Gasteiger charge is -2.27. The standard InChI is InChI=1S/C17H21NO3/c1-21-17(20)13-5-2-11(3-6-13)8-12-4-7-14-10-18-16(19)15(14)9-12/h4,7,9,11,13H,2-3,5-6,8,10H2,1H3,(H,18,19)/t11-,13-. The van der Waals surface area contributed by atoms with Crippen molar-refractivity contribution in [1.29, 1.82) is 0 Å². The van der Waals surface area contributed by atoms with Crippen LogP contribution in [0.3, 0.4) is 0 Å². The van der Waals surface area contributed by atoms with Gasteiger partial charge in [0.05, 0.1) is 13.0 Å². The average molecular weight is 287 g/mol. The fourth-order valence-electron chi connectivity index (χ4n) is 3.49. The van der Waals surface area contributed by atoms with Crippen LogP contribution in [0.4, 0.5) is 0 Å². The van der Waals surface area contributed by atoms with Gasteiger partial charge in [-0.15, -0.1) is 0 Å². The molecule has 0 aromatic heterocycles. The molecule has 0 atom stereocenters.